The Labute approximate surface area is 197 Å². The Morgan fingerprint density at radius 1 is 0.906 bits per heavy atom. The van der Waals surface area contributed by atoms with Crippen LogP contribution in [0.15, 0.2) is 48.5 Å². The van der Waals surface area contributed by atoms with Crippen molar-refractivity contribution in [1.82, 2.24) is 4.90 Å². The molecule has 2 aromatic carbocycles. The summed E-state index contributed by atoms with van der Waals surface area (Å²) in [5.41, 5.74) is 3.89. The second-order valence-corrected chi connectivity index (χ2v) is 10.4. The topological polar surface area (TPSA) is 32.3 Å². The summed E-state index contributed by atoms with van der Waals surface area (Å²) in [6.45, 7) is 0.996. The number of benzene rings is 2. The summed E-state index contributed by atoms with van der Waals surface area (Å²) >= 11 is 6.19. The van der Waals surface area contributed by atoms with Gasteiger partial charge in [-0.25, -0.2) is 0 Å². The first-order chi connectivity index (χ1) is 15.7. The molecule has 170 valence electrons. The molecule has 1 N–H and O–H groups in total. The summed E-state index contributed by atoms with van der Waals surface area (Å²) in [6, 6.07) is 17.3. The van der Waals surface area contributed by atoms with E-state index >= 15 is 0 Å². The van der Waals surface area contributed by atoms with Gasteiger partial charge in [0.1, 0.15) is 0 Å². The third-order valence-corrected chi connectivity index (χ3v) is 8.17. The molecule has 3 aliphatic rings. The summed E-state index contributed by atoms with van der Waals surface area (Å²) in [7, 11) is 0. The van der Waals surface area contributed by atoms with Gasteiger partial charge in [-0.1, -0.05) is 67.6 Å². The summed E-state index contributed by atoms with van der Waals surface area (Å²) in [6.07, 6.45) is 11.4. The lowest BCUT2D eigenvalue weighted by atomic mass is 9.78. The van der Waals surface area contributed by atoms with Crippen LogP contribution in [-0.2, 0) is 11.2 Å². The largest absolute Gasteiger partial charge is 0.380 e. The van der Waals surface area contributed by atoms with Crippen molar-refractivity contribution in [1.29, 1.82) is 0 Å². The summed E-state index contributed by atoms with van der Waals surface area (Å²) in [5.74, 6) is 0.711. The number of nitrogens with one attached hydrogen (secondary N) is 1. The van der Waals surface area contributed by atoms with Crippen LogP contribution in [0.25, 0.3) is 0 Å². The lowest BCUT2D eigenvalue weighted by molar-refractivity contribution is -0.131. The average molecular weight is 451 g/mol. The van der Waals surface area contributed by atoms with Gasteiger partial charge in [-0.3, -0.25) is 9.69 Å². The molecule has 0 aromatic heterocycles. The highest BCUT2D eigenvalue weighted by atomic mass is 35.5. The van der Waals surface area contributed by atoms with Crippen molar-refractivity contribution in [3.63, 3.8) is 0 Å². The molecule has 4 heteroatoms. The minimum atomic E-state index is -0.0626. The molecule has 5 rings (SSSR count). The average Bonchev–Trinajstić information content (AvgIpc) is 2.85. The van der Waals surface area contributed by atoms with Crippen molar-refractivity contribution < 1.29 is 4.79 Å². The van der Waals surface area contributed by atoms with Gasteiger partial charge >= 0.3 is 0 Å². The molecule has 2 fully saturated rings. The van der Waals surface area contributed by atoms with Crippen LogP contribution in [0.4, 0.5) is 5.69 Å². The number of ketones is 1. The number of halogens is 1. The van der Waals surface area contributed by atoms with E-state index in [0.29, 0.717) is 5.78 Å². The van der Waals surface area contributed by atoms with Crippen molar-refractivity contribution in [2.45, 2.75) is 82.3 Å². The number of carbonyl (C=O) groups is 1. The standard InChI is InChI=1S/C28H35ClN2O/c29-23-16-13-21(14-17-23)26-12-6-7-19-31(26)27(28(32)22-9-2-1-3-10-22)25-18-15-20-8-4-5-11-24(20)30-25/h4-5,8,11,13-14,16-17,22,25-27,30H,1-3,6-7,9-10,12,15,18-19H2. The number of carbonyl (C=O) groups excluding carboxylic acids is 1. The van der Waals surface area contributed by atoms with Gasteiger partial charge in [-0.15, -0.1) is 0 Å². The highest BCUT2D eigenvalue weighted by Crippen LogP contribution is 2.38. The van der Waals surface area contributed by atoms with Crippen molar-refractivity contribution >= 4 is 23.1 Å². The van der Waals surface area contributed by atoms with Crippen LogP contribution in [0.2, 0.25) is 5.02 Å². The highest BCUT2D eigenvalue weighted by molar-refractivity contribution is 6.30. The zero-order valence-corrected chi connectivity index (χ0v) is 19.7. The van der Waals surface area contributed by atoms with Crippen LogP contribution in [0.1, 0.15) is 75.0 Å². The van der Waals surface area contributed by atoms with E-state index in [1.165, 1.54) is 48.9 Å². The van der Waals surface area contributed by atoms with Crippen LogP contribution in [0.5, 0.6) is 0 Å². The molecule has 1 saturated heterocycles. The summed E-state index contributed by atoms with van der Waals surface area (Å²) in [4.78, 5) is 16.7. The Morgan fingerprint density at radius 2 is 1.66 bits per heavy atom. The molecule has 0 radical (unpaired) electrons. The Bertz CT molecular complexity index is 921. The fourth-order valence-corrected chi connectivity index (χ4v) is 6.38. The summed E-state index contributed by atoms with van der Waals surface area (Å²) < 4.78 is 0. The van der Waals surface area contributed by atoms with Crippen LogP contribution in [-0.4, -0.2) is 29.3 Å². The van der Waals surface area contributed by atoms with E-state index in [2.05, 4.69) is 46.6 Å². The molecule has 3 unspecified atom stereocenters. The molecule has 1 aliphatic carbocycles. The van der Waals surface area contributed by atoms with Gasteiger partial charge in [0.05, 0.1) is 6.04 Å². The first-order valence-electron chi connectivity index (χ1n) is 12.6. The monoisotopic (exact) mass is 450 g/mol. The maximum absolute atomic E-state index is 14.1. The number of hydrogen-bond acceptors (Lipinski definition) is 3. The van der Waals surface area contributed by atoms with Gasteiger partial charge in [0.2, 0.25) is 0 Å². The third kappa shape index (κ3) is 4.61. The van der Waals surface area contributed by atoms with E-state index in [9.17, 15) is 4.79 Å². The second-order valence-electron chi connectivity index (χ2n) is 9.93. The summed E-state index contributed by atoms with van der Waals surface area (Å²) in [5, 5.41) is 4.59. The van der Waals surface area contributed by atoms with E-state index in [1.807, 2.05) is 12.1 Å². The molecular weight excluding hydrogens is 416 g/mol. The van der Waals surface area contributed by atoms with Gasteiger partial charge < -0.3 is 5.32 Å². The predicted octanol–water partition coefficient (Wildman–Crippen LogP) is 6.81. The van der Waals surface area contributed by atoms with Gasteiger partial charge in [0.25, 0.3) is 0 Å². The molecule has 0 bridgehead atoms. The maximum atomic E-state index is 14.1. The zero-order chi connectivity index (χ0) is 21.9. The number of nitrogens with zero attached hydrogens (tertiary/aromatic N) is 1. The van der Waals surface area contributed by atoms with Crippen LogP contribution in [0.3, 0.4) is 0 Å². The lowest BCUT2D eigenvalue weighted by Gasteiger charge is -2.46. The van der Waals surface area contributed by atoms with E-state index in [-0.39, 0.29) is 24.0 Å². The number of para-hydroxylation sites is 1. The third-order valence-electron chi connectivity index (χ3n) is 7.92. The molecule has 2 aliphatic heterocycles. The smallest absolute Gasteiger partial charge is 0.155 e. The van der Waals surface area contributed by atoms with E-state index in [4.69, 9.17) is 11.6 Å². The number of fused-ring (bicyclic) bond motifs is 1. The van der Waals surface area contributed by atoms with Crippen LogP contribution < -0.4 is 5.32 Å². The Kier molecular flexibility index (Phi) is 6.85. The van der Waals surface area contributed by atoms with Crippen molar-refractivity contribution in [3.05, 3.63) is 64.7 Å². The Balaban J connectivity index is 1.48. The molecule has 0 spiro atoms. The van der Waals surface area contributed by atoms with Gasteiger partial charge in [-0.05, 0) is 74.4 Å². The maximum Gasteiger partial charge on any atom is 0.155 e. The predicted molar refractivity (Wildman–Crippen MR) is 132 cm³/mol. The minimum absolute atomic E-state index is 0.0626. The normalized spacial score (nSPS) is 25.5. The van der Waals surface area contributed by atoms with Crippen LogP contribution >= 0.6 is 11.6 Å². The quantitative estimate of drug-likeness (QED) is 0.542. The van der Waals surface area contributed by atoms with E-state index in [0.717, 1.165) is 43.7 Å². The SMILES string of the molecule is O=C(C1CCCCC1)C(C1CCc2ccccc2N1)N1CCCCC1c1ccc(Cl)cc1. The Hall–Kier alpha value is -1.84. The van der Waals surface area contributed by atoms with E-state index < -0.39 is 0 Å². The molecule has 2 aromatic rings. The second kappa shape index (κ2) is 9.97. The number of rotatable bonds is 5. The molecule has 2 heterocycles. The first-order valence-corrected chi connectivity index (χ1v) is 13.0. The minimum Gasteiger partial charge on any atom is -0.380 e. The molecule has 3 atom stereocenters. The van der Waals surface area contributed by atoms with Gasteiger partial charge in [0.15, 0.2) is 5.78 Å². The van der Waals surface area contributed by atoms with Crippen molar-refractivity contribution in [2.75, 3.05) is 11.9 Å². The molecule has 0 amide bonds. The van der Waals surface area contributed by atoms with Crippen molar-refractivity contribution in [3.8, 4) is 0 Å². The van der Waals surface area contributed by atoms with Gasteiger partial charge in [-0.2, -0.15) is 0 Å². The number of piperidine rings is 1. The van der Waals surface area contributed by atoms with E-state index in [1.54, 1.807) is 0 Å². The molecule has 32 heavy (non-hydrogen) atoms. The first kappa shape index (κ1) is 22.0. The number of anilines is 1. The number of likely N-dealkylation sites (tertiary alicyclic amines) is 1. The fourth-order valence-electron chi connectivity index (χ4n) is 6.25. The fraction of sp³-hybridized carbons (Fsp3) is 0.536. The van der Waals surface area contributed by atoms with Crippen LogP contribution in [0, 0.1) is 5.92 Å². The number of hydrogen-bond donors (Lipinski definition) is 1. The zero-order valence-electron chi connectivity index (χ0n) is 18.9. The molecule has 3 nitrogen and oxygen atoms in total. The lowest BCUT2D eigenvalue weighted by Crippen LogP contribution is -2.56. The molecular formula is C28H35ClN2O. The number of aryl methyl sites for hydroxylation is 1. The van der Waals surface area contributed by atoms with Crippen molar-refractivity contribution in [2.24, 2.45) is 5.92 Å². The Morgan fingerprint density at radius 3 is 2.47 bits per heavy atom. The molecule has 1 saturated carbocycles. The number of Topliss-reactive ketones (excluding diaryl/α,β-unsaturated/α-hetero) is 1. The highest BCUT2D eigenvalue weighted by Gasteiger charge is 2.42. The van der Waals surface area contributed by atoms with Gasteiger partial charge in [0, 0.05) is 28.7 Å².